The molecule has 1 unspecified atom stereocenters. The lowest BCUT2D eigenvalue weighted by molar-refractivity contribution is -0.124. The Kier molecular flexibility index (Phi) is 8.01. The van der Waals surface area contributed by atoms with Crippen LogP contribution in [0.5, 0.6) is 5.75 Å². The molecule has 1 amide bonds. The smallest absolute Gasteiger partial charge is 0.258 e. The zero-order chi connectivity index (χ0) is 26.5. The molecular formula is C31H35ClN4O2. The number of halogens is 1. The number of hydrogen-bond donors (Lipinski definition) is 1. The van der Waals surface area contributed by atoms with Gasteiger partial charge in [0.05, 0.1) is 12.2 Å². The van der Waals surface area contributed by atoms with Gasteiger partial charge in [-0.2, -0.15) is 5.10 Å². The van der Waals surface area contributed by atoms with Crippen LogP contribution in [0.15, 0.2) is 84.6 Å². The summed E-state index contributed by atoms with van der Waals surface area (Å²) < 4.78 is 7.68. The van der Waals surface area contributed by atoms with Crippen molar-refractivity contribution in [3.05, 3.63) is 106 Å². The summed E-state index contributed by atoms with van der Waals surface area (Å²) in [5.74, 6) is 0.0196. The van der Waals surface area contributed by atoms with Crippen LogP contribution in [0, 0.1) is 0 Å². The maximum Gasteiger partial charge on any atom is 0.258 e. The molecule has 1 fully saturated rings. The predicted octanol–water partition coefficient (Wildman–Crippen LogP) is 5.65. The SMILES string of the molecule is CC(Oc1cc(Cl)ccc1Cn1ccc(CN2CCC(C3=CCCC=C3)(c3ccccc3)CC2)n1)C(N)=O. The quantitative estimate of drug-likeness (QED) is 0.388. The molecule has 198 valence electrons. The van der Waals surface area contributed by atoms with Gasteiger partial charge in [0.1, 0.15) is 5.75 Å². The molecule has 0 saturated carbocycles. The fraction of sp³-hybridized carbons (Fsp3) is 0.355. The van der Waals surface area contributed by atoms with E-state index in [1.54, 1.807) is 13.0 Å². The van der Waals surface area contributed by atoms with Gasteiger partial charge in [-0.1, -0.05) is 66.2 Å². The first kappa shape index (κ1) is 26.3. The zero-order valence-electron chi connectivity index (χ0n) is 21.9. The molecule has 1 saturated heterocycles. The van der Waals surface area contributed by atoms with Crippen molar-refractivity contribution < 1.29 is 9.53 Å². The molecule has 2 heterocycles. The number of piperidine rings is 1. The van der Waals surface area contributed by atoms with Gasteiger partial charge in [-0.15, -0.1) is 0 Å². The third-order valence-electron chi connectivity index (χ3n) is 7.73. The number of allylic oxidation sites excluding steroid dienone is 4. The number of amides is 1. The van der Waals surface area contributed by atoms with Gasteiger partial charge < -0.3 is 10.5 Å². The third kappa shape index (κ3) is 5.87. The molecule has 2 N–H and O–H groups in total. The van der Waals surface area contributed by atoms with Crippen LogP contribution in [0.4, 0.5) is 0 Å². The van der Waals surface area contributed by atoms with E-state index in [0.717, 1.165) is 56.6 Å². The second-order valence-electron chi connectivity index (χ2n) is 10.3. The van der Waals surface area contributed by atoms with Crippen molar-refractivity contribution in [2.24, 2.45) is 5.73 Å². The van der Waals surface area contributed by atoms with Gasteiger partial charge in [-0.25, -0.2) is 0 Å². The minimum absolute atomic E-state index is 0.0844. The fourth-order valence-corrected chi connectivity index (χ4v) is 5.72. The van der Waals surface area contributed by atoms with E-state index in [-0.39, 0.29) is 5.41 Å². The van der Waals surface area contributed by atoms with Crippen LogP contribution in [0.2, 0.25) is 5.02 Å². The van der Waals surface area contributed by atoms with E-state index >= 15 is 0 Å². The van der Waals surface area contributed by atoms with Crippen LogP contribution in [0.25, 0.3) is 0 Å². The molecule has 1 atom stereocenters. The number of hydrogen-bond acceptors (Lipinski definition) is 4. The Morgan fingerprint density at radius 3 is 2.61 bits per heavy atom. The van der Waals surface area contributed by atoms with E-state index in [2.05, 4.69) is 59.5 Å². The molecule has 38 heavy (non-hydrogen) atoms. The van der Waals surface area contributed by atoms with Crippen molar-refractivity contribution >= 4 is 17.5 Å². The second-order valence-corrected chi connectivity index (χ2v) is 10.7. The van der Waals surface area contributed by atoms with Gasteiger partial charge in [-0.05, 0) is 75.0 Å². The fourth-order valence-electron chi connectivity index (χ4n) is 5.56. The number of carbonyl (C=O) groups excluding carboxylic acids is 1. The normalized spacial score (nSPS) is 18.1. The second kappa shape index (κ2) is 11.6. The molecule has 0 spiro atoms. The highest BCUT2D eigenvalue weighted by atomic mass is 35.5. The number of aromatic nitrogens is 2. The lowest BCUT2D eigenvalue weighted by atomic mass is 9.66. The summed E-state index contributed by atoms with van der Waals surface area (Å²) in [6, 6.07) is 18.5. The Morgan fingerprint density at radius 2 is 1.89 bits per heavy atom. The monoisotopic (exact) mass is 530 g/mol. The van der Waals surface area contributed by atoms with Crippen molar-refractivity contribution in [2.45, 2.75) is 57.2 Å². The topological polar surface area (TPSA) is 73.4 Å². The van der Waals surface area contributed by atoms with Crippen LogP contribution >= 0.6 is 11.6 Å². The number of nitrogens with zero attached hydrogens (tertiary/aromatic N) is 3. The molecule has 0 radical (unpaired) electrons. The Balaban J connectivity index is 1.25. The number of benzene rings is 2. The van der Waals surface area contributed by atoms with E-state index in [4.69, 9.17) is 27.2 Å². The average molecular weight is 531 g/mol. The molecule has 7 heteroatoms. The summed E-state index contributed by atoms with van der Waals surface area (Å²) in [5, 5.41) is 5.37. The van der Waals surface area contributed by atoms with Gasteiger partial charge in [-0.3, -0.25) is 14.4 Å². The van der Waals surface area contributed by atoms with E-state index in [0.29, 0.717) is 17.3 Å². The van der Waals surface area contributed by atoms with Gasteiger partial charge in [0.25, 0.3) is 5.91 Å². The van der Waals surface area contributed by atoms with Crippen LogP contribution < -0.4 is 10.5 Å². The largest absolute Gasteiger partial charge is 0.481 e. The van der Waals surface area contributed by atoms with E-state index < -0.39 is 12.0 Å². The maximum atomic E-state index is 11.5. The van der Waals surface area contributed by atoms with Gasteiger partial charge in [0.15, 0.2) is 6.10 Å². The lowest BCUT2D eigenvalue weighted by Crippen LogP contribution is -2.43. The van der Waals surface area contributed by atoms with Crippen molar-refractivity contribution in [1.82, 2.24) is 14.7 Å². The minimum atomic E-state index is -0.748. The number of likely N-dealkylation sites (tertiary alicyclic amines) is 1. The molecule has 1 aromatic heterocycles. The molecule has 1 aliphatic carbocycles. The number of rotatable bonds is 9. The number of nitrogens with two attached hydrogens (primary N) is 1. The molecule has 0 bridgehead atoms. The molecule has 1 aliphatic heterocycles. The molecule has 2 aromatic carbocycles. The minimum Gasteiger partial charge on any atom is -0.481 e. The first-order chi connectivity index (χ1) is 18.4. The lowest BCUT2D eigenvalue weighted by Gasteiger charge is -2.44. The molecule has 3 aromatic rings. The summed E-state index contributed by atoms with van der Waals surface area (Å²) in [6.07, 6.45) is 12.8. The van der Waals surface area contributed by atoms with Crippen molar-refractivity contribution in [3.63, 3.8) is 0 Å². The highest BCUT2D eigenvalue weighted by Crippen LogP contribution is 2.43. The summed E-state index contributed by atoms with van der Waals surface area (Å²) in [7, 11) is 0. The Hall–Kier alpha value is -3.35. The average Bonchev–Trinajstić information content (AvgIpc) is 3.38. The van der Waals surface area contributed by atoms with Crippen LogP contribution in [-0.4, -0.2) is 39.8 Å². The maximum absolute atomic E-state index is 11.5. The molecular weight excluding hydrogens is 496 g/mol. The van der Waals surface area contributed by atoms with Gasteiger partial charge in [0.2, 0.25) is 0 Å². The summed E-state index contributed by atoms with van der Waals surface area (Å²) in [6.45, 7) is 5.00. The summed E-state index contributed by atoms with van der Waals surface area (Å²) >= 11 is 6.17. The predicted molar refractivity (Wildman–Crippen MR) is 151 cm³/mol. The van der Waals surface area contributed by atoms with Crippen LogP contribution in [0.3, 0.4) is 0 Å². The Morgan fingerprint density at radius 1 is 1.11 bits per heavy atom. The highest BCUT2D eigenvalue weighted by molar-refractivity contribution is 6.30. The third-order valence-corrected chi connectivity index (χ3v) is 7.97. The van der Waals surface area contributed by atoms with Crippen LogP contribution in [0.1, 0.15) is 49.4 Å². The molecule has 2 aliphatic rings. The van der Waals surface area contributed by atoms with Crippen molar-refractivity contribution in [2.75, 3.05) is 13.1 Å². The van der Waals surface area contributed by atoms with E-state index in [1.807, 2.05) is 23.0 Å². The van der Waals surface area contributed by atoms with Crippen molar-refractivity contribution in [1.29, 1.82) is 0 Å². The number of primary amides is 1. The van der Waals surface area contributed by atoms with E-state index in [1.165, 1.54) is 11.1 Å². The van der Waals surface area contributed by atoms with E-state index in [9.17, 15) is 4.79 Å². The van der Waals surface area contributed by atoms with Gasteiger partial charge in [0, 0.05) is 28.7 Å². The molecule has 5 rings (SSSR count). The number of carbonyl (C=O) groups is 1. The summed E-state index contributed by atoms with van der Waals surface area (Å²) in [5.41, 5.74) is 10.3. The zero-order valence-corrected chi connectivity index (χ0v) is 22.6. The first-order valence-electron chi connectivity index (χ1n) is 13.3. The van der Waals surface area contributed by atoms with Crippen molar-refractivity contribution in [3.8, 4) is 5.75 Å². The Labute approximate surface area is 229 Å². The standard InChI is InChI=1S/C31H35ClN4O2/c1-23(30(33)37)38-29-20-27(32)13-12-24(29)21-36-17-14-28(34-36)22-35-18-15-31(16-19-35,25-8-4-2-5-9-25)26-10-6-3-7-11-26/h2,4-6,8-14,17,20,23H,3,7,15-16,18-19,21-22H2,1H3,(H2,33,37). The molecule has 6 nitrogen and oxygen atoms in total. The van der Waals surface area contributed by atoms with Gasteiger partial charge >= 0.3 is 0 Å². The Bertz CT molecular complexity index is 1320. The number of ether oxygens (including phenoxy) is 1. The van der Waals surface area contributed by atoms with Crippen LogP contribution in [-0.2, 0) is 23.3 Å². The first-order valence-corrected chi connectivity index (χ1v) is 13.7. The summed E-state index contributed by atoms with van der Waals surface area (Å²) in [4.78, 5) is 14.0. The highest BCUT2D eigenvalue weighted by Gasteiger charge is 2.38.